The standard InChI is InChI=1S/C20H21FN2O/c21-19-16(14-5-2-1-3-6-14)7-4-8-17(19)20(24)22-18-13-23-11-9-15(18)10-12-23/h1-8,15,18H,9-13H2,(H,22,24). The van der Waals surface area contributed by atoms with Gasteiger partial charge in [-0.2, -0.15) is 0 Å². The van der Waals surface area contributed by atoms with Crippen LogP contribution in [0.5, 0.6) is 0 Å². The number of carbonyl (C=O) groups is 1. The second kappa shape index (κ2) is 6.36. The molecular formula is C20H21FN2O. The number of carbonyl (C=O) groups excluding carboxylic acids is 1. The molecule has 2 aromatic carbocycles. The minimum absolute atomic E-state index is 0.132. The monoisotopic (exact) mass is 324 g/mol. The summed E-state index contributed by atoms with van der Waals surface area (Å²) in [5.74, 6) is -0.217. The third-order valence-electron chi connectivity index (χ3n) is 5.30. The first kappa shape index (κ1) is 15.3. The van der Waals surface area contributed by atoms with Gasteiger partial charge in [0.05, 0.1) is 5.56 Å². The first-order valence-electron chi connectivity index (χ1n) is 8.59. The molecule has 2 aromatic rings. The lowest BCUT2D eigenvalue weighted by Gasteiger charge is -2.44. The van der Waals surface area contributed by atoms with Crippen molar-refractivity contribution >= 4 is 5.91 Å². The number of fused-ring (bicyclic) bond motifs is 3. The summed E-state index contributed by atoms with van der Waals surface area (Å²) in [4.78, 5) is 15.0. The third kappa shape index (κ3) is 2.82. The molecule has 1 unspecified atom stereocenters. The van der Waals surface area contributed by atoms with Crippen LogP contribution >= 0.6 is 0 Å². The highest BCUT2D eigenvalue weighted by Crippen LogP contribution is 2.29. The summed E-state index contributed by atoms with van der Waals surface area (Å²) in [6, 6.07) is 14.5. The Balaban J connectivity index is 1.57. The van der Waals surface area contributed by atoms with Gasteiger partial charge in [-0.3, -0.25) is 4.79 Å². The molecular weight excluding hydrogens is 303 g/mol. The molecule has 3 aliphatic rings. The van der Waals surface area contributed by atoms with E-state index in [0.717, 1.165) is 38.0 Å². The molecule has 1 N–H and O–H groups in total. The van der Waals surface area contributed by atoms with E-state index >= 15 is 0 Å². The maximum atomic E-state index is 14.9. The zero-order chi connectivity index (χ0) is 16.5. The second-order valence-electron chi connectivity index (χ2n) is 6.75. The summed E-state index contributed by atoms with van der Waals surface area (Å²) in [6.07, 6.45) is 2.25. The molecule has 0 spiro atoms. The molecule has 3 saturated heterocycles. The minimum atomic E-state index is -0.442. The Kier molecular flexibility index (Phi) is 4.07. The van der Waals surface area contributed by atoms with Gasteiger partial charge in [0.1, 0.15) is 5.82 Å². The van der Waals surface area contributed by atoms with E-state index in [4.69, 9.17) is 0 Å². The van der Waals surface area contributed by atoms with Crippen molar-refractivity contribution in [3.8, 4) is 11.1 Å². The van der Waals surface area contributed by atoms with Crippen LogP contribution in [0.4, 0.5) is 4.39 Å². The molecule has 2 bridgehead atoms. The first-order chi connectivity index (χ1) is 11.7. The Morgan fingerprint density at radius 2 is 1.79 bits per heavy atom. The van der Waals surface area contributed by atoms with Crippen molar-refractivity contribution in [3.63, 3.8) is 0 Å². The predicted octanol–water partition coefficient (Wildman–Crippen LogP) is 3.32. The summed E-state index contributed by atoms with van der Waals surface area (Å²) < 4.78 is 14.9. The first-order valence-corrected chi connectivity index (χ1v) is 8.59. The number of nitrogens with zero attached hydrogens (tertiary/aromatic N) is 1. The summed E-state index contributed by atoms with van der Waals surface area (Å²) in [5.41, 5.74) is 1.39. The smallest absolute Gasteiger partial charge is 0.254 e. The van der Waals surface area contributed by atoms with E-state index in [1.165, 1.54) is 0 Å². The van der Waals surface area contributed by atoms with Crippen LogP contribution in [-0.4, -0.2) is 36.5 Å². The van der Waals surface area contributed by atoms with Gasteiger partial charge >= 0.3 is 0 Å². The minimum Gasteiger partial charge on any atom is -0.348 e. The van der Waals surface area contributed by atoms with E-state index < -0.39 is 5.82 Å². The Hall–Kier alpha value is -2.20. The Bertz CT molecular complexity index is 739. The molecule has 0 aliphatic carbocycles. The quantitative estimate of drug-likeness (QED) is 0.939. The number of rotatable bonds is 3. The van der Waals surface area contributed by atoms with E-state index in [1.54, 1.807) is 18.2 Å². The van der Waals surface area contributed by atoms with Gasteiger partial charge in [-0.05, 0) is 43.5 Å². The van der Waals surface area contributed by atoms with Crippen LogP contribution in [0.2, 0.25) is 0 Å². The molecule has 124 valence electrons. The van der Waals surface area contributed by atoms with Crippen LogP contribution in [0.25, 0.3) is 11.1 Å². The van der Waals surface area contributed by atoms with Gasteiger partial charge < -0.3 is 10.2 Å². The molecule has 24 heavy (non-hydrogen) atoms. The molecule has 3 nitrogen and oxygen atoms in total. The zero-order valence-corrected chi connectivity index (χ0v) is 13.5. The van der Waals surface area contributed by atoms with Crippen molar-refractivity contribution in [1.29, 1.82) is 0 Å². The van der Waals surface area contributed by atoms with Crippen molar-refractivity contribution < 1.29 is 9.18 Å². The molecule has 3 heterocycles. The van der Waals surface area contributed by atoms with Gasteiger partial charge in [-0.1, -0.05) is 42.5 Å². The van der Waals surface area contributed by atoms with E-state index in [1.807, 2.05) is 30.3 Å². The summed E-state index contributed by atoms with van der Waals surface area (Å²) in [5, 5.41) is 3.07. The second-order valence-corrected chi connectivity index (χ2v) is 6.75. The molecule has 0 aromatic heterocycles. The number of amides is 1. The van der Waals surface area contributed by atoms with Gasteiger partial charge in [0, 0.05) is 18.2 Å². The molecule has 4 heteroatoms. The average molecular weight is 324 g/mol. The van der Waals surface area contributed by atoms with Crippen LogP contribution in [0, 0.1) is 11.7 Å². The third-order valence-corrected chi connectivity index (χ3v) is 5.30. The zero-order valence-electron chi connectivity index (χ0n) is 13.5. The number of halogens is 1. The predicted molar refractivity (Wildman–Crippen MR) is 92.3 cm³/mol. The van der Waals surface area contributed by atoms with E-state index in [-0.39, 0.29) is 17.5 Å². The highest BCUT2D eigenvalue weighted by molar-refractivity contribution is 5.96. The Labute approximate surface area is 141 Å². The Morgan fingerprint density at radius 1 is 1.04 bits per heavy atom. The van der Waals surface area contributed by atoms with Crippen molar-refractivity contribution in [2.45, 2.75) is 18.9 Å². The van der Waals surface area contributed by atoms with Crippen LogP contribution in [0.1, 0.15) is 23.2 Å². The lowest BCUT2D eigenvalue weighted by Crippen LogP contribution is -2.57. The van der Waals surface area contributed by atoms with Crippen LogP contribution in [0.3, 0.4) is 0 Å². The van der Waals surface area contributed by atoms with Crippen LogP contribution in [-0.2, 0) is 0 Å². The largest absolute Gasteiger partial charge is 0.348 e. The topological polar surface area (TPSA) is 32.3 Å². The number of hydrogen-bond donors (Lipinski definition) is 1. The summed E-state index contributed by atoms with van der Waals surface area (Å²) >= 11 is 0. The normalized spacial score (nSPS) is 25.5. The number of piperidine rings is 3. The number of benzene rings is 2. The van der Waals surface area contributed by atoms with Crippen molar-refractivity contribution in [1.82, 2.24) is 10.2 Å². The number of hydrogen-bond acceptors (Lipinski definition) is 2. The highest BCUT2D eigenvalue weighted by Gasteiger charge is 2.35. The summed E-state index contributed by atoms with van der Waals surface area (Å²) in [7, 11) is 0. The fourth-order valence-electron chi connectivity index (χ4n) is 3.92. The van der Waals surface area contributed by atoms with Gasteiger partial charge in [-0.15, -0.1) is 0 Å². The molecule has 0 saturated carbocycles. The lowest BCUT2D eigenvalue weighted by atomic mass is 9.84. The van der Waals surface area contributed by atoms with E-state index in [2.05, 4.69) is 10.2 Å². The molecule has 5 rings (SSSR count). The average Bonchev–Trinajstić information content (AvgIpc) is 2.63. The van der Waals surface area contributed by atoms with Crippen LogP contribution < -0.4 is 5.32 Å². The van der Waals surface area contributed by atoms with Crippen LogP contribution in [0.15, 0.2) is 48.5 Å². The van der Waals surface area contributed by atoms with Gasteiger partial charge in [0.25, 0.3) is 5.91 Å². The van der Waals surface area contributed by atoms with Crippen molar-refractivity contribution in [2.24, 2.45) is 5.92 Å². The molecule has 3 aliphatic heterocycles. The molecule has 3 fully saturated rings. The Morgan fingerprint density at radius 3 is 2.46 bits per heavy atom. The van der Waals surface area contributed by atoms with E-state index in [0.29, 0.717) is 11.5 Å². The van der Waals surface area contributed by atoms with Gasteiger partial charge in [0.2, 0.25) is 0 Å². The fourth-order valence-corrected chi connectivity index (χ4v) is 3.92. The molecule has 0 radical (unpaired) electrons. The van der Waals surface area contributed by atoms with Gasteiger partial charge in [0.15, 0.2) is 0 Å². The highest BCUT2D eigenvalue weighted by atomic mass is 19.1. The van der Waals surface area contributed by atoms with Crippen molar-refractivity contribution in [3.05, 3.63) is 59.9 Å². The SMILES string of the molecule is O=C(NC1CN2CCC1CC2)c1cccc(-c2ccccc2)c1F. The van der Waals surface area contributed by atoms with Crippen molar-refractivity contribution in [2.75, 3.05) is 19.6 Å². The molecule has 1 amide bonds. The number of nitrogens with one attached hydrogen (secondary N) is 1. The summed E-state index contributed by atoms with van der Waals surface area (Å²) in [6.45, 7) is 3.13. The maximum Gasteiger partial charge on any atom is 0.254 e. The maximum absolute atomic E-state index is 14.9. The fraction of sp³-hybridized carbons (Fsp3) is 0.350. The van der Waals surface area contributed by atoms with Gasteiger partial charge in [-0.25, -0.2) is 4.39 Å². The molecule has 1 atom stereocenters. The lowest BCUT2D eigenvalue weighted by molar-refractivity contribution is 0.0618. The van der Waals surface area contributed by atoms with E-state index in [9.17, 15) is 9.18 Å².